The summed E-state index contributed by atoms with van der Waals surface area (Å²) in [4.78, 5) is 3.67. The Labute approximate surface area is 96.1 Å². The molecular weight excluding hydrogens is 229 g/mol. The van der Waals surface area contributed by atoms with Crippen molar-refractivity contribution < 1.29 is 13.2 Å². The number of pyridine rings is 1. The fourth-order valence-corrected chi connectivity index (χ4v) is 1.41. The third-order valence-corrected chi connectivity index (χ3v) is 2.12. The zero-order chi connectivity index (χ0) is 12.3. The van der Waals surface area contributed by atoms with Crippen LogP contribution in [-0.4, -0.2) is 4.98 Å². The smallest absolute Gasteiger partial charge is 0.141 e. The molecule has 0 saturated heterocycles. The molecular formula is C12H9F3N2. The summed E-state index contributed by atoms with van der Waals surface area (Å²) < 4.78 is 38.5. The summed E-state index contributed by atoms with van der Waals surface area (Å²) in [6, 6.07) is 4.41. The van der Waals surface area contributed by atoms with Gasteiger partial charge >= 0.3 is 0 Å². The molecule has 17 heavy (non-hydrogen) atoms. The molecule has 2 nitrogen and oxygen atoms in total. The van der Waals surface area contributed by atoms with Crippen LogP contribution in [-0.2, 0) is 6.54 Å². The monoisotopic (exact) mass is 238 g/mol. The molecule has 0 fully saturated rings. The van der Waals surface area contributed by atoms with Gasteiger partial charge in [0.05, 0.1) is 6.20 Å². The molecule has 0 amide bonds. The predicted octanol–water partition coefficient (Wildman–Crippen LogP) is 3.11. The van der Waals surface area contributed by atoms with E-state index in [1.54, 1.807) is 0 Å². The van der Waals surface area contributed by atoms with Crippen molar-refractivity contribution in [2.75, 3.05) is 5.32 Å². The highest BCUT2D eigenvalue weighted by Gasteiger charge is 2.01. The van der Waals surface area contributed by atoms with Crippen molar-refractivity contribution in [2.45, 2.75) is 6.54 Å². The van der Waals surface area contributed by atoms with Gasteiger partial charge in [-0.25, -0.2) is 13.2 Å². The average Bonchev–Trinajstić information content (AvgIpc) is 2.25. The number of halogens is 3. The van der Waals surface area contributed by atoms with Crippen molar-refractivity contribution in [3.63, 3.8) is 0 Å². The zero-order valence-electron chi connectivity index (χ0n) is 8.75. The highest BCUT2D eigenvalue weighted by molar-refractivity contribution is 5.44. The van der Waals surface area contributed by atoms with Crippen LogP contribution in [0.1, 0.15) is 5.56 Å². The van der Waals surface area contributed by atoms with Crippen LogP contribution in [0.4, 0.5) is 18.9 Å². The largest absolute Gasteiger partial charge is 0.381 e. The number of benzene rings is 1. The summed E-state index contributed by atoms with van der Waals surface area (Å²) in [7, 11) is 0. The van der Waals surface area contributed by atoms with Gasteiger partial charge in [-0.3, -0.25) is 4.98 Å². The molecule has 5 heteroatoms. The number of anilines is 1. The molecule has 0 aliphatic carbocycles. The maximum absolute atomic E-state index is 12.9. The molecule has 0 saturated carbocycles. The van der Waals surface area contributed by atoms with E-state index in [2.05, 4.69) is 10.3 Å². The first-order valence-electron chi connectivity index (χ1n) is 4.93. The van der Waals surface area contributed by atoms with E-state index in [1.165, 1.54) is 12.3 Å². The van der Waals surface area contributed by atoms with E-state index < -0.39 is 17.5 Å². The third kappa shape index (κ3) is 3.21. The Kier molecular flexibility index (Phi) is 3.27. The summed E-state index contributed by atoms with van der Waals surface area (Å²) in [6.45, 7) is 0.244. The first-order valence-corrected chi connectivity index (χ1v) is 4.93. The fraction of sp³-hybridized carbons (Fsp3) is 0.0833. The zero-order valence-corrected chi connectivity index (χ0v) is 8.75. The van der Waals surface area contributed by atoms with Crippen LogP contribution in [0.25, 0.3) is 0 Å². The summed E-state index contributed by atoms with van der Waals surface area (Å²) in [5, 5.41) is 2.78. The molecule has 0 spiro atoms. The quantitative estimate of drug-likeness (QED) is 0.888. The number of aromatic nitrogens is 1. The Hall–Kier alpha value is -2.04. The first kappa shape index (κ1) is 11.4. The van der Waals surface area contributed by atoms with Gasteiger partial charge in [0.15, 0.2) is 0 Å². The Morgan fingerprint density at radius 1 is 0.882 bits per heavy atom. The minimum Gasteiger partial charge on any atom is -0.381 e. The van der Waals surface area contributed by atoms with Crippen molar-refractivity contribution in [1.29, 1.82) is 0 Å². The van der Waals surface area contributed by atoms with E-state index in [-0.39, 0.29) is 6.54 Å². The Balaban J connectivity index is 2.07. The maximum atomic E-state index is 12.9. The van der Waals surface area contributed by atoms with Crippen LogP contribution < -0.4 is 5.32 Å². The van der Waals surface area contributed by atoms with E-state index in [1.807, 2.05) is 0 Å². The van der Waals surface area contributed by atoms with Crippen LogP contribution in [0.2, 0.25) is 0 Å². The number of nitrogens with zero attached hydrogens (tertiary/aromatic N) is 1. The van der Waals surface area contributed by atoms with E-state index in [0.29, 0.717) is 11.3 Å². The van der Waals surface area contributed by atoms with E-state index in [0.717, 1.165) is 24.4 Å². The molecule has 0 bridgehead atoms. The lowest BCUT2D eigenvalue weighted by Crippen LogP contribution is -2.01. The van der Waals surface area contributed by atoms with Crippen molar-refractivity contribution in [2.24, 2.45) is 0 Å². The SMILES string of the molecule is Fc1cncc(CNc2cc(F)cc(F)c2)c1. The highest BCUT2D eigenvalue weighted by atomic mass is 19.1. The van der Waals surface area contributed by atoms with E-state index in [9.17, 15) is 13.2 Å². The third-order valence-electron chi connectivity index (χ3n) is 2.12. The van der Waals surface area contributed by atoms with Gasteiger partial charge in [0.2, 0.25) is 0 Å². The minimum atomic E-state index is -0.662. The van der Waals surface area contributed by atoms with Gasteiger partial charge in [0.25, 0.3) is 0 Å². The van der Waals surface area contributed by atoms with Gasteiger partial charge in [0, 0.05) is 24.5 Å². The lowest BCUT2D eigenvalue weighted by atomic mass is 10.2. The van der Waals surface area contributed by atoms with Crippen LogP contribution >= 0.6 is 0 Å². The summed E-state index contributed by atoms with van der Waals surface area (Å²) >= 11 is 0. The fourth-order valence-electron chi connectivity index (χ4n) is 1.41. The molecule has 88 valence electrons. The van der Waals surface area contributed by atoms with Crippen LogP contribution in [0.3, 0.4) is 0 Å². The molecule has 0 aliphatic heterocycles. The van der Waals surface area contributed by atoms with E-state index in [4.69, 9.17) is 0 Å². The van der Waals surface area contributed by atoms with Gasteiger partial charge in [-0.1, -0.05) is 0 Å². The van der Waals surface area contributed by atoms with Crippen LogP contribution in [0, 0.1) is 17.5 Å². The minimum absolute atomic E-state index is 0.244. The number of hydrogen-bond donors (Lipinski definition) is 1. The van der Waals surface area contributed by atoms with Gasteiger partial charge in [-0.05, 0) is 23.8 Å². The van der Waals surface area contributed by atoms with Gasteiger partial charge in [-0.15, -0.1) is 0 Å². The molecule has 1 heterocycles. The second-order valence-corrected chi connectivity index (χ2v) is 3.52. The molecule has 0 atom stereocenters. The molecule has 1 aromatic carbocycles. The second kappa shape index (κ2) is 4.86. The van der Waals surface area contributed by atoms with Crippen LogP contribution in [0.5, 0.6) is 0 Å². The summed E-state index contributed by atoms with van der Waals surface area (Å²) in [6.07, 6.45) is 2.57. The van der Waals surface area contributed by atoms with Gasteiger partial charge in [-0.2, -0.15) is 0 Å². The Morgan fingerprint density at radius 2 is 1.59 bits per heavy atom. The van der Waals surface area contributed by atoms with Crippen LogP contribution in [0.15, 0.2) is 36.7 Å². The van der Waals surface area contributed by atoms with E-state index >= 15 is 0 Å². The summed E-state index contributed by atoms with van der Waals surface area (Å²) in [5.74, 6) is -1.77. The number of nitrogens with one attached hydrogen (secondary N) is 1. The predicted molar refractivity (Wildman–Crippen MR) is 57.9 cm³/mol. The van der Waals surface area contributed by atoms with Crippen molar-refractivity contribution >= 4 is 5.69 Å². The maximum Gasteiger partial charge on any atom is 0.141 e. The van der Waals surface area contributed by atoms with Crippen molar-refractivity contribution in [3.8, 4) is 0 Å². The molecule has 1 aromatic heterocycles. The lowest BCUT2D eigenvalue weighted by molar-refractivity contribution is 0.584. The Morgan fingerprint density at radius 3 is 2.24 bits per heavy atom. The molecule has 0 unspecified atom stereocenters. The molecule has 0 radical (unpaired) electrons. The lowest BCUT2D eigenvalue weighted by Gasteiger charge is -2.06. The number of hydrogen-bond acceptors (Lipinski definition) is 2. The molecule has 2 rings (SSSR count). The van der Waals surface area contributed by atoms with Crippen molar-refractivity contribution in [1.82, 2.24) is 4.98 Å². The van der Waals surface area contributed by atoms with Gasteiger partial charge < -0.3 is 5.32 Å². The Bertz CT molecular complexity index is 509. The second-order valence-electron chi connectivity index (χ2n) is 3.52. The molecule has 2 aromatic rings. The topological polar surface area (TPSA) is 24.9 Å². The number of rotatable bonds is 3. The summed E-state index contributed by atoms with van der Waals surface area (Å²) in [5.41, 5.74) is 0.890. The molecule has 1 N–H and O–H groups in total. The standard InChI is InChI=1S/C12H9F3N2/c13-9-2-10(14)4-12(3-9)17-6-8-1-11(15)7-16-5-8/h1-5,7,17H,6H2. The average molecular weight is 238 g/mol. The van der Waals surface area contributed by atoms with Gasteiger partial charge in [0.1, 0.15) is 17.5 Å². The normalized spacial score (nSPS) is 10.3. The molecule has 0 aliphatic rings. The van der Waals surface area contributed by atoms with Crippen molar-refractivity contribution in [3.05, 3.63) is 59.7 Å². The highest BCUT2D eigenvalue weighted by Crippen LogP contribution is 2.14. The first-order chi connectivity index (χ1) is 8.13.